The molecule has 2 saturated heterocycles. The van der Waals surface area contributed by atoms with Gasteiger partial charge in [0.05, 0.1) is 25.4 Å². The zero-order chi connectivity index (χ0) is 26.3. The number of carbonyl (C=O) groups excluding carboxylic acids is 4. The molecule has 2 aliphatic carbocycles. The number of nitrogens with one attached hydrogen (secondary N) is 2. The monoisotopic (exact) mass is 512 g/mol. The van der Waals surface area contributed by atoms with Crippen LogP contribution in [-0.4, -0.2) is 73.0 Å². The van der Waals surface area contributed by atoms with Gasteiger partial charge in [-0.2, -0.15) is 0 Å². The van der Waals surface area contributed by atoms with Gasteiger partial charge in [0.15, 0.2) is 11.4 Å². The van der Waals surface area contributed by atoms with E-state index in [4.69, 9.17) is 9.47 Å². The van der Waals surface area contributed by atoms with Crippen LogP contribution in [0.25, 0.3) is 0 Å². The Morgan fingerprint density at radius 1 is 1.24 bits per heavy atom. The SMILES string of the molecule is CNC(=O)NC1=CC=C2C(CC[C@]23CN(CC(=O)N2CCCC2c2ccc(F)cc2OC)C(=O)O3)C1=O. The van der Waals surface area contributed by atoms with Gasteiger partial charge in [-0.1, -0.05) is 12.1 Å². The van der Waals surface area contributed by atoms with Crippen LogP contribution in [0.4, 0.5) is 14.0 Å². The van der Waals surface area contributed by atoms with Gasteiger partial charge in [0.1, 0.15) is 18.1 Å². The topological polar surface area (TPSA) is 117 Å². The van der Waals surface area contributed by atoms with E-state index in [2.05, 4.69) is 10.6 Å². The summed E-state index contributed by atoms with van der Waals surface area (Å²) in [5.41, 5.74) is 0.640. The molecule has 4 aliphatic rings. The van der Waals surface area contributed by atoms with Crippen LogP contribution in [0, 0.1) is 11.7 Å². The molecule has 2 aliphatic heterocycles. The smallest absolute Gasteiger partial charge is 0.411 e. The van der Waals surface area contributed by atoms with Crippen molar-refractivity contribution >= 4 is 23.8 Å². The minimum Gasteiger partial charge on any atom is -0.496 e. The van der Waals surface area contributed by atoms with Crippen molar-refractivity contribution in [3.63, 3.8) is 0 Å². The molecule has 5 rings (SSSR count). The van der Waals surface area contributed by atoms with Gasteiger partial charge in [-0.05, 0) is 43.4 Å². The van der Waals surface area contributed by atoms with E-state index < -0.39 is 29.5 Å². The summed E-state index contributed by atoms with van der Waals surface area (Å²) in [6.45, 7) is 0.523. The third-order valence-electron chi connectivity index (χ3n) is 7.67. The number of ether oxygens (including phenoxy) is 2. The van der Waals surface area contributed by atoms with Crippen molar-refractivity contribution in [2.75, 3.05) is 33.8 Å². The average Bonchev–Trinajstić information content (AvgIpc) is 3.59. The Kier molecular flexibility index (Phi) is 6.38. The molecular weight excluding hydrogens is 483 g/mol. The van der Waals surface area contributed by atoms with Gasteiger partial charge in [0, 0.05) is 31.1 Å². The quantitative estimate of drug-likeness (QED) is 0.626. The van der Waals surface area contributed by atoms with Gasteiger partial charge in [-0.3, -0.25) is 14.5 Å². The molecule has 1 spiro atoms. The van der Waals surface area contributed by atoms with Crippen molar-refractivity contribution in [3.8, 4) is 5.75 Å². The lowest BCUT2D eigenvalue weighted by molar-refractivity contribution is -0.132. The molecule has 2 unspecified atom stereocenters. The summed E-state index contributed by atoms with van der Waals surface area (Å²) in [4.78, 5) is 53.9. The van der Waals surface area contributed by atoms with E-state index in [-0.39, 0.29) is 36.5 Å². The van der Waals surface area contributed by atoms with Crippen molar-refractivity contribution in [3.05, 3.63) is 53.0 Å². The Balaban J connectivity index is 1.31. The van der Waals surface area contributed by atoms with E-state index in [1.54, 1.807) is 17.0 Å². The van der Waals surface area contributed by atoms with Gasteiger partial charge in [-0.15, -0.1) is 0 Å². The number of allylic oxidation sites excluding steroid dienone is 3. The maximum absolute atomic E-state index is 13.7. The van der Waals surface area contributed by atoms with Crippen LogP contribution in [0.15, 0.2) is 41.6 Å². The number of benzene rings is 1. The average molecular weight is 513 g/mol. The van der Waals surface area contributed by atoms with E-state index >= 15 is 0 Å². The molecule has 0 radical (unpaired) electrons. The van der Waals surface area contributed by atoms with Crippen molar-refractivity contribution in [2.24, 2.45) is 5.92 Å². The number of fused-ring (bicyclic) bond motifs is 2. The molecule has 3 atom stereocenters. The Labute approximate surface area is 213 Å². The first kappa shape index (κ1) is 24.8. The second-order valence-corrected chi connectivity index (χ2v) is 9.71. The number of Topliss-reactive ketones (excluding diaryl/α,β-unsaturated/α-hetero) is 1. The molecule has 0 aromatic heterocycles. The number of ketones is 1. The van der Waals surface area contributed by atoms with Crippen LogP contribution in [0.1, 0.15) is 37.3 Å². The number of carbonyl (C=O) groups is 4. The molecule has 196 valence electrons. The van der Waals surface area contributed by atoms with Gasteiger partial charge in [0.25, 0.3) is 0 Å². The van der Waals surface area contributed by atoms with Crippen molar-refractivity contribution in [1.29, 1.82) is 0 Å². The Bertz CT molecular complexity index is 1230. The third kappa shape index (κ3) is 4.32. The highest BCUT2D eigenvalue weighted by Crippen LogP contribution is 2.48. The first-order valence-corrected chi connectivity index (χ1v) is 12.3. The van der Waals surface area contributed by atoms with Crippen LogP contribution in [-0.2, 0) is 14.3 Å². The predicted octanol–water partition coefficient (Wildman–Crippen LogP) is 2.42. The van der Waals surface area contributed by atoms with E-state index in [9.17, 15) is 23.6 Å². The number of rotatable bonds is 5. The summed E-state index contributed by atoms with van der Waals surface area (Å²) in [5.74, 6) is -0.985. The number of nitrogens with zero attached hydrogens (tertiary/aromatic N) is 2. The summed E-state index contributed by atoms with van der Waals surface area (Å²) in [5, 5.41) is 4.95. The number of hydrogen-bond donors (Lipinski definition) is 2. The number of amides is 4. The van der Waals surface area contributed by atoms with Gasteiger partial charge >= 0.3 is 12.1 Å². The third-order valence-corrected chi connectivity index (χ3v) is 7.67. The van der Waals surface area contributed by atoms with Crippen LogP contribution in [0.3, 0.4) is 0 Å². The molecule has 37 heavy (non-hydrogen) atoms. The Morgan fingerprint density at radius 2 is 2.05 bits per heavy atom. The Hall–Kier alpha value is -3.89. The standard InChI is InChI=1S/C26H29FN4O6/c1-28-24(34)29-19-8-7-18-16(23(19)33)9-10-26(18)14-30(25(35)37-26)13-22(32)31-11-3-4-20(31)17-6-5-15(27)12-21(17)36-2/h5-8,12,16,20H,3-4,9-11,13-14H2,1-2H3,(H2,28,29,34)/t16?,20?,26-/m0/s1. The molecule has 3 fully saturated rings. The second-order valence-electron chi connectivity index (χ2n) is 9.71. The predicted molar refractivity (Wildman–Crippen MR) is 129 cm³/mol. The van der Waals surface area contributed by atoms with Crippen molar-refractivity contribution < 1.29 is 33.0 Å². The molecule has 11 heteroatoms. The number of likely N-dealkylation sites (tertiary alicyclic amines) is 1. The highest BCUT2D eigenvalue weighted by Gasteiger charge is 2.56. The van der Waals surface area contributed by atoms with Gasteiger partial charge in [-0.25, -0.2) is 14.0 Å². The van der Waals surface area contributed by atoms with E-state index in [1.807, 2.05) is 0 Å². The maximum atomic E-state index is 13.7. The van der Waals surface area contributed by atoms with Crippen LogP contribution >= 0.6 is 0 Å². The molecule has 1 saturated carbocycles. The molecule has 2 N–H and O–H groups in total. The largest absolute Gasteiger partial charge is 0.496 e. The normalized spacial score (nSPS) is 26.6. The Morgan fingerprint density at radius 3 is 2.81 bits per heavy atom. The molecule has 2 heterocycles. The zero-order valence-corrected chi connectivity index (χ0v) is 20.7. The van der Waals surface area contributed by atoms with Crippen LogP contribution in [0.5, 0.6) is 5.75 Å². The minimum atomic E-state index is -0.975. The van der Waals surface area contributed by atoms with E-state index in [0.717, 1.165) is 12.0 Å². The summed E-state index contributed by atoms with van der Waals surface area (Å²) in [7, 11) is 2.93. The lowest BCUT2D eigenvalue weighted by Gasteiger charge is -2.29. The lowest BCUT2D eigenvalue weighted by Crippen LogP contribution is -2.42. The van der Waals surface area contributed by atoms with Crippen molar-refractivity contribution in [2.45, 2.75) is 37.3 Å². The van der Waals surface area contributed by atoms with Gasteiger partial charge in [0.2, 0.25) is 5.91 Å². The molecule has 10 nitrogen and oxygen atoms in total. The highest BCUT2D eigenvalue weighted by molar-refractivity contribution is 6.03. The number of urea groups is 1. The van der Waals surface area contributed by atoms with E-state index in [1.165, 1.54) is 37.3 Å². The van der Waals surface area contributed by atoms with Crippen LogP contribution in [0.2, 0.25) is 0 Å². The van der Waals surface area contributed by atoms with Crippen LogP contribution < -0.4 is 15.4 Å². The number of hydrogen-bond acceptors (Lipinski definition) is 6. The number of halogens is 1. The summed E-state index contributed by atoms with van der Waals surface area (Å²) < 4.78 is 24.9. The molecular formula is C26H29FN4O6. The summed E-state index contributed by atoms with van der Waals surface area (Å²) in [6, 6.07) is 3.52. The maximum Gasteiger partial charge on any atom is 0.411 e. The first-order valence-electron chi connectivity index (χ1n) is 12.3. The summed E-state index contributed by atoms with van der Waals surface area (Å²) in [6.07, 6.45) is 5.08. The zero-order valence-electron chi connectivity index (χ0n) is 20.7. The lowest BCUT2D eigenvalue weighted by atomic mass is 9.85. The molecule has 0 bridgehead atoms. The number of methoxy groups -OCH3 is 1. The molecule has 1 aromatic carbocycles. The van der Waals surface area contributed by atoms with Gasteiger partial charge < -0.3 is 25.0 Å². The fourth-order valence-corrected chi connectivity index (χ4v) is 5.91. The highest BCUT2D eigenvalue weighted by atomic mass is 19.1. The fraction of sp³-hybridized carbons (Fsp3) is 0.462. The van der Waals surface area contributed by atoms with E-state index in [0.29, 0.717) is 37.1 Å². The fourth-order valence-electron chi connectivity index (χ4n) is 5.91. The summed E-state index contributed by atoms with van der Waals surface area (Å²) >= 11 is 0. The minimum absolute atomic E-state index is 0.161. The molecule has 4 amide bonds. The van der Waals surface area contributed by atoms with Crippen molar-refractivity contribution in [1.82, 2.24) is 20.4 Å². The second kappa shape index (κ2) is 9.53. The first-order chi connectivity index (χ1) is 17.8. The molecule has 1 aromatic rings.